The van der Waals surface area contributed by atoms with Crippen LogP contribution in [0.15, 0.2) is 87.0 Å². The van der Waals surface area contributed by atoms with E-state index in [1.807, 2.05) is 39.8 Å². The predicted molar refractivity (Wildman–Crippen MR) is 374 cm³/mol. The molecule has 2 aliphatic heterocycles. The number of allylic oxidation sites excluding steroid dienone is 3. The van der Waals surface area contributed by atoms with E-state index in [-0.39, 0.29) is 133 Å². The van der Waals surface area contributed by atoms with Crippen molar-refractivity contribution in [3.63, 3.8) is 0 Å². The number of nitrogens with zero attached hydrogens (tertiary/aromatic N) is 2. The zero-order chi connectivity index (χ0) is 72.1. The molecule has 546 valence electrons. The van der Waals surface area contributed by atoms with Crippen molar-refractivity contribution in [2.24, 2.45) is 53.1 Å². The van der Waals surface area contributed by atoms with E-state index >= 15 is 0 Å². The minimum atomic E-state index is -3.84. The minimum absolute atomic E-state index is 0.00854. The number of carbonyl (C=O) groups excluding carboxylic acids is 6. The second-order valence-corrected chi connectivity index (χ2v) is 34.0. The number of halogens is 4. The van der Waals surface area contributed by atoms with E-state index < -0.39 is 78.5 Å². The number of ketones is 1. The third kappa shape index (κ3) is 21.1. The van der Waals surface area contributed by atoms with Crippen LogP contribution in [0.1, 0.15) is 200 Å². The van der Waals surface area contributed by atoms with Crippen LogP contribution in [0.3, 0.4) is 0 Å². The van der Waals surface area contributed by atoms with Gasteiger partial charge in [-0.1, -0.05) is 77.0 Å². The third-order valence-corrected chi connectivity index (χ3v) is 27.7. The van der Waals surface area contributed by atoms with Crippen LogP contribution in [-0.4, -0.2) is 113 Å². The van der Waals surface area contributed by atoms with Crippen molar-refractivity contribution in [1.29, 1.82) is 0 Å². The molecule has 6 fully saturated rings. The van der Waals surface area contributed by atoms with Crippen LogP contribution in [0, 0.1) is 70.6 Å². The van der Waals surface area contributed by atoms with Crippen LogP contribution >= 0.6 is 14.7 Å². The summed E-state index contributed by atoms with van der Waals surface area (Å²) in [5, 5.41) is -2.22. The first-order valence-electron chi connectivity index (χ1n) is 35.8. The first-order chi connectivity index (χ1) is 46.6. The average Bonchev–Trinajstić information content (AvgIpc) is 1.56. The fourth-order valence-electron chi connectivity index (χ4n) is 15.1. The number of Topliss-reactive ketones (excluding diaryl/α,β-unsaturated/α-hetero) is 1. The summed E-state index contributed by atoms with van der Waals surface area (Å²) >= 11 is 0. The Morgan fingerprint density at radius 1 is 0.622 bits per heavy atom. The lowest BCUT2D eigenvalue weighted by Crippen LogP contribution is -2.46. The van der Waals surface area contributed by atoms with Crippen molar-refractivity contribution in [3.05, 3.63) is 121 Å². The number of hydrogen-bond donors (Lipinski definition) is 1. The quantitative estimate of drug-likeness (QED) is 0.0168. The first-order valence-corrected chi connectivity index (χ1v) is 39.5. The number of benzene rings is 2. The van der Waals surface area contributed by atoms with Gasteiger partial charge in [0.25, 0.3) is 0 Å². The summed E-state index contributed by atoms with van der Waals surface area (Å²) in [5.74, 6) is -6.15. The number of esters is 3. The molecule has 0 aromatic heterocycles. The van der Waals surface area contributed by atoms with Crippen LogP contribution in [0.5, 0.6) is 0 Å². The second-order valence-electron chi connectivity index (χ2n) is 28.5. The molecule has 2 saturated heterocycles. The summed E-state index contributed by atoms with van der Waals surface area (Å²) in [6.45, 7) is 27.6. The maximum absolute atomic E-state index is 14.8. The zero-order valence-electron chi connectivity index (χ0n) is 59.2. The maximum atomic E-state index is 14.8. The molecule has 6 aliphatic rings. The van der Waals surface area contributed by atoms with E-state index in [2.05, 4.69) is 26.3 Å². The Bertz CT molecular complexity index is 3140. The summed E-state index contributed by atoms with van der Waals surface area (Å²) in [6, 6.07) is 5.70. The van der Waals surface area contributed by atoms with E-state index in [9.17, 15) is 55.5 Å². The molecule has 14 atom stereocenters. The molecule has 2 amide bonds. The van der Waals surface area contributed by atoms with E-state index in [0.29, 0.717) is 38.8 Å². The summed E-state index contributed by atoms with van der Waals surface area (Å²) in [5.41, 5.74) is 5.55. The maximum Gasteiger partial charge on any atom is 0.328 e. The fraction of sp³-hybridized carbons (Fsp3) is 0.658. The Kier molecular flexibility index (Phi) is 31.5. The number of ether oxygens (including phenoxy) is 3. The van der Waals surface area contributed by atoms with Gasteiger partial charge in [-0.15, -0.1) is 26.3 Å². The number of methoxy groups -OCH3 is 1. The molecule has 2 aromatic rings. The first kappa shape index (κ1) is 81.4. The highest BCUT2D eigenvalue weighted by Crippen LogP contribution is 2.77. The van der Waals surface area contributed by atoms with Crippen LogP contribution in [-0.2, 0) is 73.5 Å². The largest absolute Gasteiger partial charge is 0.467 e. The zero-order valence-corrected chi connectivity index (χ0v) is 61.0. The number of amides is 2. The molecule has 2 heterocycles. The molecule has 16 nitrogen and oxygen atoms in total. The lowest BCUT2D eigenvalue weighted by Gasteiger charge is -2.33. The van der Waals surface area contributed by atoms with Crippen LogP contribution < -0.4 is 5.73 Å². The summed E-state index contributed by atoms with van der Waals surface area (Å²) in [6.07, 6.45) is 22.8. The minimum Gasteiger partial charge on any atom is -0.467 e. The van der Waals surface area contributed by atoms with Gasteiger partial charge in [0.05, 0.1) is 68.5 Å². The summed E-state index contributed by atoms with van der Waals surface area (Å²) in [4.78, 5) is 83.5. The number of nitrogens with two attached hydrogens (primary N) is 1. The van der Waals surface area contributed by atoms with Gasteiger partial charge in [-0.05, 0) is 183 Å². The highest BCUT2D eigenvalue weighted by Gasteiger charge is 2.67. The molecule has 0 radical (unpaired) electrons. The molecule has 8 rings (SSSR count). The Morgan fingerprint density at radius 2 is 1.03 bits per heavy atom. The molecule has 0 spiro atoms. The number of likely N-dealkylation sites (tertiary alicyclic amines) is 2. The fourth-order valence-corrected chi connectivity index (χ4v) is 21.2. The highest BCUT2D eigenvalue weighted by molar-refractivity contribution is 7.60. The molecule has 22 heteroatoms. The normalized spacial score (nSPS) is 25.9. The van der Waals surface area contributed by atoms with E-state index in [1.54, 1.807) is 35.8 Å². The molecule has 0 bridgehead atoms. The van der Waals surface area contributed by atoms with Gasteiger partial charge in [0.15, 0.2) is 5.78 Å². The predicted octanol–water partition coefficient (Wildman–Crippen LogP) is 16.7. The molecule has 2 aromatic carbocycles. The van der Waals surface area contributed by atoms with Gasteiger partial charge >= 0.3 is 17.9 Å². The number of unbranched alkanes of at least 4 members (excludes halogenated alkanes) is 4. The smallest absolute Gasteiger partial charge is 0.328 e. The molecule has 4 saturated carbocycles. The Morgan fingerprint density at radius 3 is 1.42 bits per heavy atom. The van der Waals surface area contributed by atoms with E-state index in [4.69, 9.17) is 29.0 Å². The van der Waals surface area contributed by atoms with Crippen LogP contribution in [0.25, 0.3) is 0 Å². The number of hydrogen-bond acceptors (Lipinski definition) is 14. The van der Waals surface area contributed by atoms with Gasteiger partial charge in [0.1, 0.15) is 46.8 Å². The standard InChI is InChI=1S/C38H54F2NO6P.C24H39NO5.C14H18F2NO2P/c1-6-9-10-11-15-27(5)30(21-36(43)47-29-16-12-13-17-29)37(44)41-24-26(4)20-34(41)35(42)23-38(22-28(38)7-2)48(45,46-8-3)25-31-32(39)18-14-19-33(31)40;1-5-6-7-8-11-18(3)20(15-22(26)30-19-12-9-10-13-19)23(27)25-16-17(2)14-21(25)24(28)29-4;1-3-10-8-14(10,17)20(18,19-4-2)9-11-12(15)6-5-7-13(11)16/h6-7,14,18-19,26-30,34H,1-2,8-13,15-17,20-25H2,3-5H3;5,17-21H,1,6-16H2,2-4H3;3,5-7,10H,1,4,8-9,17H2,2H3/t26-,27+,28+,30-,34-,38+,48?;17-,18+,20-,21-;10-,14+,20?/m001/s1. The monoisotopic (exact) mass is 1410 g/mol. The van der Waals surface area contributed by atoms with Crippen LogP contribution in [0.4, 0.5) is 17.6 Å². The van der Waals surface area contributed by atoms with Gasteiger partial charge in [-0.25, -0.2) is 22.4 Å². The van der Waals surface area contributed by atoms with E-state index in [0.717, 1.165) is 127 Å². The van der Waals surface area contributed by atoms with Crippen molar-refractivity contribution in [2.45, 2.75) is 236 Å². The second kappa shape index (κ2) is 37.9. The van der Waals surface area contributed by atoms with Crippen LogP contribution in [0.2, 0.25) is 0 Å². The summed E-state index contributed by atoms with van der Waals surface area (Å²) in [7, 11) is -5.90. The molecular formula is C76H111F4N3O13P2. The molecule has 2 N–H and O–H groups in total. The third-order valence-electron chi connectivity index (χ3n) is 21.1. The molecule has 4 aliphatic carbocycles. The number of rotatable bonds is 36. The highest BCUT2D eigenvalue weighted by atomic mass is 31.2. The SMILES string of the molecule is C=CCCCC[C@@H](C)[C@H](CC(=O)OC1CCCC1)C(=O)N1C[C@@H](C)C[C@H]1C(=O)C[C@]1(P(=O)(Cc2c(F)cccc2F)OCC)C[C@H]1C=C.C=CCCCC[C@@H](C)[C@H](CC(=O)OC1CCCC1)C(=O)N1C[C@@H](C)C[C@H]1C(=O)OC.C=C[C@@H]1C[C@]1(N)P(=O)(Cc1c(F)cccc1F)OCC. The van der Waals surface area contributed by atoms with Gasteiger partial charge < -0.3 is 38.8 Å². The van der Waals surface area contributed by atoms with Crippen molar-refractivity contribution in [3.8, 4) is 0 Å². The number of carbonyl (C=O) groups is 6. The van der Waals surface area contributed by atoms with Gasteiger partial charge in [0.2, 0.25) is 26.6 Å². The van der Waals surface area contributed by atoms with Gasteiger partial charge in [0, 0.05) is 36.6 Å². The van der Waals surface area contributed by atoms with Crippen molar-refractivity contribution >= 4 is 50.2 Å². The lowest BCUT2D eigenvalue weighted by atomic mass is 9.85. The van der Waals surface area contributed by atoms with Gasteiger partial charge in [-0.2, -0.15) is 0 Å². The molecule has 98 heavy (non-hydrogen) atoms. The van der Waals surface area contributed by atoms with E-state index in [1.165, 1.54) is 19.2 Å². The van der Waals surface area contributed by atoms with Crippen molar-refractivity contribution in [2.75, 3.05) is 33.4 Å². The topological polar surface area (TPSA) is 215 Å². The molecule has 2 unspecified atom stereocenters. The average molecular weight is 1410 g/mol. The van der Waals surface area contributed by atoms with Crippen molar-refractivity contribution < 1.29 is 78.7 Å². The molecular weight excluding hydrogens is 1300 g/mol. The Labute approximate surface area is 580 Å². The Balaban J connectivity index is 0.000000257. The van der Waals surface area contributed by atoms with Crippen molar-refractivity contribution in [1.82, 2.24) is 9.80 Å². The Hall–Kier alpha value is -5.52. The lowest BCUT2D eigenvalue weighted by molar-refractivity contribution is -0.157. The summed E-state index contributed by atoms with van der Waals surface area (Å²) < 4.78 is 112. The van der Waals surface area contributed by atoms with Gasteiger partial charge in [-0.3, -0.25) is 33.1 Å².